The summed E-state index contributed by atoms with van der Waals surface area (Å²) in [5.41, 5.74) is 2.53. The molecule has 0 radical (unpaired) electrons. The number of nitrogens with one attached hydrogen (secondary N) is 1. The zero-order chi connectivity index (χ0) is 14.2. The molecule has 110 valence electrons. The fourth-order valence-corrected chi connectivity index (χ4v) is 3.15. The van der Waals surface area contributed by atoms with Crippen LogP contribution < -0.4 is 0 Å². The van der Waals surface area contributed by atoms with Gasteiger partial charge in [0.15, 0.2) is 0 Å². The van der Waals surface area contributed by atoms with Crippen molar-refractivity contribution < 1.29 is 0 Å². The van der Waals surface area contributed by atoms with Gasteiger partial charge in [0.25, 0.3) is 0 Å². The fourth-order valence-electron chi connectivity index (χ4n) is 2.85. The van der Waals surface area contributed by atoms with Crippen LogP contribution in [0.4, 0.5) is 0 Å². The summed E-state index contributed by atoms with van der Waals surface area (Å²) in [4.78, 5) is 3.32. The summed E-state index contributed by atoms with van der Waals surface area (Å²) in [5.74, 6) is 0. The summed E-state index contributed by atoms with van der Waals surface area (Å²) in [6, 6.07) is 6.08. The lowest BCUT2D eigenvalue weighted by molar-refractivity contribution is 0.576. The van der Waals surface area contributed by atoms with Crippen molar-refractivity contribution in [2.24, 2.45) is 0 Å². The van der Waals surface area contributed by atoms with Crippen LogP contribution >= 0.6 is 11.6 Å². The number of H-pyrrole nitrogens is 1. The molecule has 2 aromatic rings. The first-order chi connectivity index (χ1) is 9.83. The SMILES string of the molecule is CCCCCCCCCCc1c[nH]c2cccc(Cl)c12. The lowest BCUT2D eigenvalue weighted by Gasteiger charge is -2.02. The average molecular weight is 292 g/mol. The zero-order valence-corrected chi connectivity index (χ0v) is 13.3. The third-order valence-corrected chi connectivity index (χ3v) is 4.35. The van der Waals surface area contributed by atoms with Crippen LogP contribution in [0.5, 0.6) is 0 Å². The van der Waals surface area contributed by atoms with Gasteiger partial charge in [0.1, 0.15) is 0 Å². The second kappa shape index (κ2) is 8.36. The summed E-state index contributed by atoms with van der Waals surface area (Å²) in [6.07, 6.45) is 14.2. The van der Waals surface area contributed by atoms with Gasteiger partial charge in [-0.1, -0.05) is 69.5 Å². The number of aromatic amines is 1. The monoisotopic (exact) mass is 291 g/mol. The Bertz CT molecular complexity index is 515. The predicted octanol–water partition coefficient (Wildman–Crippen LogP) is 6.50. The molecule has 0 amide bonds. The fraction of sp³-hybridized carbons (Fsp3) is 0.556. The van der Waals surface area contributed by atoms with Crippen LogP contribution in [0.25, 0.3) is 10.9 Å². The molecule has 1 heterocycles. The summed E-state index contributed by atoms with van der Waals surface area (Å²) in [6.45, 7) is 2.27. The lowest BCUT2D eigenvalue weighted by Crippen LogP contribution is -1.86. The molecule has 0 atom stereocenters. The second-order valence-corrected chi connectivity index (χ2v) is 6.11. The van der Waals surface area contributed by atoms with Crippen LogP contribution in [0.15, 0.2) is 24.4 Å². The molecular weight excluding hydrogens is 266 g/mol. The van der Waals surface area contributed by atoms with Crippen LogP contribution in [-0.4, -0.2) is 4.98 Å². The summed E-state index contributed by atoms with van der Waals surface area (Å²) < 4.78 is 0. The smallest absolute Gasteiger partial charge is 0.0502 e. The van der Waals surface area contributed by atoms with Gasteiger partial charge in [-0.15, -0.1) is 0 Å². The van der Waals surface area contributed by atoms with Gasteiger partial charge in [-0.25, -0.2) is 0 Å². The Hall–Kier alpha value is -0.950. The maximum Gasteiger partial charge on any atom is 0.0502 e. The molecule has 0 aliphatic heterocycles. The molecule has 0 aliphatic carbocycles. The number of halogens is 1. The van der Waals surface area contributed by atoms with Gasteiger partial charge in [0.05, 0.1) is 5.02 Å². The van der Waals surface area contributed by atoms with E-state index in [-0.39, 0.29) is 0 Å². The molecule has 0 unspecified atom stereocenters. The highest BCUT2D eigenvalue weighted by Crippen LogP contribution is 2.27. The molecule has 0 saturated carbocycles. The quantitative estimate of drug-likeness (QED) is 0.507. The third-order valence-electron chi connectivity index (χ3n) is 4.04. The van der Waals surface area contributed by atoms with E-state index >= 15 is 0 Å². The van der Waals surface area contributed by atoms with Crippen LogP contribution in [0.2, 0.25) is 5.02 Å². The minimum Gasteiger partial charge on any atom is -0.361 e. The standard InChI is InChI=1S/C18H26ClN/c1-2-3-4-5-6-7-8-9-11-15-14-20-17-13-10-12-16(19)18(15)17/h10,12-14,20H,2-9,11H2,1H3. The zero-order valence-electron chi connectivity index (χ0n) is 12.6. The molecule has 0 saturated heterocycles. The van der Waals surface area contributed by atoms with E-state index in [0.29, 0.717) is 0 Å². The first-order valence-electron chi connectivity index (χ1n) is 8.07. The third kappa shape index (κ3) is 4.28. The van der Waals surface area contributed by atoms with Crippen molar-refractivity contribution in [3.63, 3.8) is 0 Å². The van der Waals surface area contributed by atoms with Crippen molar-refractivity contribution in [3.05, 3.63) is 35.0 Å². The Morgan fingerprint density at radius 1 is 0.950 bits per heavy atom. The molecule has 1 nitrogen and oxygen atoms in total. The molecular formula is C18H26ClN. The first-order valence-corrected chi connectivity index (χ1v) is 8.45. The van der Waals surface area contributed by atoms with Crippen molar-refractivity contribution in [2.75, 3.05) is 0 Å². The Labute approximate surface area is 127 Å². The van der Waals surface area contributed by atoms with Crippen molar-refractivity contribution in [2.45, 2.75) is 64.7 Å². The molecule has 1 aromatic carbocycles. The molecule has 2 heteroatoms. The second-order valence-electron chi connectivity index (χ2n) is 5.70. The predicted molar refractivity (Wildman–Crippen MR) is 89.6 cm³/mol. The highest BCUT2D eigenvalue weighted by Gasteiger charge is 2.06. The largest absolute Gasteiger partial charge is 0.361 e. The van der Waals surface area contributed by atoms with E-state index < -0.39 is 0 Å². The van der Waals surface area contributed by atoms with Gasteiger partial charge in [-0.3, -0.25) is 0 Å². The number of benzene rings is 1. The van der Waals surface area contributed by atoms with Crippen molar-refractivity contribution in [3.8, 4) is 0 Å². The number of rotatable bonds is 9. The van der Waals surface area contributed by atoms with Gasteiger partial charge >= 0.3 is 0 Å². The van der Waals surface area contributed by atoms with Crippen LogP contribution in [0.1, 0.15) is 63.9 Å². The maximum absolute atomic E-state index is 6.29. The van der Waals surface area contributed by atoms with Crippen molar-refractivity contribution in [1.82, 2.24) is 4.98 Å². The number of hydrogen-bond donors (Lipinski definition) is 1. The summed E-state index contributed by atoms with van der Waals surface area (Å²) >= 11 is 6.29. The van der Waals surface area contributed by atoms with Crippen LogP contribution in [-0.2, 0) is 6.42 Å². The van der Waals surface area contributed by atoms with E-state index in [0.717, 1.165) is 17.0 Å². The molecule has 0 fully saturated rings. The highest BCUT2D eigenvalue weighted by molar-refractivity contribution is 6.35. The van der Waals surface area contributed by atoms with Gasteiger partial charge in [-0.2, -0.15) is 0 Å². The Morgan fingerprint density at radius 3 is 2.40 bits per heavy atom. The van der Waals surface area contributed by atoms with Gasteiger partial charge in [-0.05, 0) is 30.5 Å². The van der Waals surface area contributed by atoms with Gasteiger partial charge in [0.2, 0.25) is 0 Å². The van der Waals surface area contributed by atoms with Crippen molar-refractivity contribution >= 4 is 22.5 Å². The summed E-state index contributed by atoms with van der Waals surface area (Å²) in [5, 5.41) is 2.09. The molecule has 1 N–H and O–H groups in total. The first kappa shape index (κ1) is 15.4. The molecule has 0 bridgehead atoms. The van der Waals surface area contributed by atoms with E-state index in [9.17, 15) is 0 Å². The number of aryl methyl sites for hydroxylation is 1. The van der Waals surface area contributed by atoms with Crippen LogP contribution in [0, 0.1) is 0 Å². The van der Waals surface area contributed by atoms with E-state index in [1.807, 2.05) is 12.1 Å². The Kier molecular flexibility index (Phi) is 6.46. The summed E-state index contributed by atoms with van der Waals surface area (Å²) in [7, 11) is 0. The van der Waals surface area contributed by atoms with Crippen molar-refractivity contribution in [1.29, 1.82) is 0 Å². The van der Waals surface area contributed by atoms with E-state index in [4.69, 9.17) is 11.6 Å². The molecule has 20 heavy (non-hydrogen) atoms. The number of hydrogen-bond acceptors (Lipinski definition) is 0. The maximum atomic E-state index is 6.29. The normalized spacial score (nSPS) is 11.3. The molecule has 2 rings (SSSR count). The number of aromatic nitrogens is 1. The molecule has 0 aliphatic rings. The Morgan fingerprint density at radius 2 is 1.65 bits per heavy atom. The van der Waals surface area contributed by atoms with E-state index in [1.165, 1.54) is 62.3 Å². The lowest BCUT2D eigenvalue weighted by atomic mass is 10.0. The average Bonchev–Trinajstić information content (AvgIpc) is 2.86. The molecule has 0 spiro atoms. The van der Waals surface area contributed by atoms with Crippen LogP contribution in [0.3, 0.4) is 0 Å². The Balaban J connectivity index is 1.71. The van der Waals surface area contributed by atoms with E-state index in [1.54, 1.807) is 0 Å². The minimum atomic E-state index is 0.873. The minimum absolute atomic E-state index is 0.873. The highest BCUT2D eigenvalue weighted by atomic mass is 35.5. The number of fused-ring (bicyclic) bond motifs is 1. The number of unbranched alkanes of at least 4 members (excludes halogenated alkanes) is 7. The topological polar surface area (TPSA) is 15.8 Å². The van der Waals surface area contributed by atoms with E-state index in [2.05, 4.69) is 24.2 Å². The van der Waals surface area contributed by atoms with Gasteiger partial charge in [0, 0.05) is 17.1 Å². The van der Waals surface area contributed by atoms with Gasteiger partial charge < -0.3 is 4.98 Å². The molecule has 1 aromatic heterocycles.